The fourth-order valence-electron chi connectivity index (χ4n) is 3.31. The van der Waals surface area contributed by atoms with Gasteiger partial charge in [-0.05, 0) is 31.0 Å². The Kier molecular flexibility index (Phi) is 2.76. The van der Waals surface area contributed by atoms with Gasteiger partial charge in [0.2, 0.25) is 11.8 Å². The number of imide groups is 1. The molecule has 1 unspecified atom stereocenters. The van der Waals surface area contributed by atoms with Gasteiger partial charge in [-0.1, -0.05) is 18.2 Å². The highest BCUT2D eigenvalue weighted by atomic mass is 16.2. The number of aromatic nitrogens is 2. The monoisotopic (exact) mass is 293 g/mol. The van der Waals surface area contributed by atoms with E-state index in [0.29, 0.717) is 12.8 Å². The average molecular weight is 293 g/mol. The van der Waals surface area contributed by atoms with E-state index in [0.717, 1.165) is 27.5 Å². The number of nitrogens with zero attached hydrogens (tertiary/aromatic N) is 2. The third kappa shape index (κ3) is 1.75. The molecule has 2 amide bonds. The lowest BCUT2D eigenvalue weighted by Crippen LogP contribution is -2.41. The third-order valence-electron chi connectivity index (χ3n) is 4.32. The number of nitrogens with one attached hydrogen (secondary N) is 1. The number of para-hydroxylation sites is 1. The van der Waals surface area contributed by atoms with Gasteiger partial charge >= 0.3 is 0 Å². The first-order valence-electron chi connectivity index (χ1n) is 7.35. The van der Waals surface area contributed by atoms with Crippen LogP contribution < -0.4 is 5.32 Å². The molecule has 3 heterocycles. The van der Waals surface area contributed by atoms with Crippen molar-refractivity contribution in [1.82, 2.24) is 14.9 Å². The number of carbonyl (C=O) groups excluding carboxylic acids is 2. The topological polar surface area (TPSA) is 64.0 Å². The molecule has 1 saturated heterocycles. The van der Waals surface area contributed by atoms with Crippen molar-refractivity contribution >= 4 is 33.8 Å². The SMILES string of the molecule is Cc1ccnc2c1c1ccccc1n2C1CCC(=O)NC1=O. The molecule has 1 atom stereocenters. The summed E-state index contributed by atoms with van der Waals surface area (Å²) in [6.07, 6.45) is 2.63. The number of aryl methyl sites for hydroxylation is 1. The van der Waals surface area contributed by atoms with Gasteiger partial charge in [0.05, 0.1) is 5.52 Å². The minimum atomic E-state index is -0.394. The second kappa shape index (κ2) is 4.66. The zero-order valence-corrected chi connectivity index (χ0v) is 12.2. The molecule has 5 nitrogen and oxygen atoms in total. The molecule has 0 bridgehead atoms. The van der Waals surface area contributed by atoms with Crippen molar-refractivity contribution in [2.24, 2.45) is 0 Å². The summed E-state index contributed by atoms with van der Waals surface area (Å²) >= 11 is 0. The van der Waals surface area contributed by atoms with E-state index in [-0.39, 0.29) is 11.8 Å². The molecule has 0 radical (unpaired) electrons. The second-order valence-corrected chi connectivity index (χ2v) is 5.68. The highest BCUT2D eigenvalue weighted by Crippen LogP contribution is 2.34. The first-order valence-corrected chi connectivity index (χ1v) is 7.35. The number of hydrogen-bond donors (Lipinski definition) is 1. The van der Waals surface area contributed by atoms with E-state index < -0.39 is 6.04 Å². The number of amides is 2. The van der Waals surface area contributed by atoms with Crippen LogP contribution in [0.2, 0.25) is 0 Å². The Hall–Kier alpha value is -2.69. The smallest absolute Gasteiger partial charge is 0.249 e. The van der Waals surface area contributed by atoms with E-state index in [1.807, 2.05) is 35.8 Å². The maximum Gasteiger partial charge on any atom is 0.249 e. The number of pyridine rings is 1. The summed E-state index contributed by atoms with van der Waals surface area (Å²) in [6, 6.07) is 9.58. The maximum absolute atomic E-state index is 12.3. The Balaban J connectivity index is 2.05. The molecule has 110 valence electrons. The fraction of sp³-hybridized carbons (Fsp3) is 0.235. The Morgan fingerprint density at radius 3 is 2.86 bits per heavy atom. The van der Waals surface area contributed by atoms with Gasteiger partial charge < -0.3 is 4.57 Å². The molecule has 1 aromatic carbocycles. The van der Waals surface area contributed by atoms with E-state index in [1.165, 1.54) is 0 Å². The van der Waals surface area contributed by atoms with Crippen molar-refractivity contribution < 1.29 is 9.59 Å². The summed E-state index contributed by atoms with van der Waals surface area (Å²) in [5, 5.41) is 4.60. The minimum Gasteiger partial charge on any atom is -0.313 e. The quantitative estimate of drug-likeness (QED) is 0.701. The molecule has 5 heteroatoms. The van der Waals surface area contributed by atoms with Crippen LogP contribution in [0.25, 0.3) is 21.9 Å². The van der Waals surface area contributed by atoms with Crippen LogP contribution in [-0.4, -0.2) is 21.4 Å². The summed E-state index contributed by atoms with van der Waals surface area (Å²) in [7, 11) is 0. The predicted molar refractivity (Wildman–Crippen MR) is 83.4 cm³/mol. The largest absolute Gasteiger partial charge is 0.313 e. The first kappa shape index (κ1) is 13.0. The Morgan fingerprint density at radius 2 is 2.05 bits per heavy atom. The number of piperidine rings is 1. The van der Waals surface area contributed by atoms with E-state index in [1.54, 1.807) is 6.20 Å². The van der Waals surface area contributed by atoms with Gasteiger partial charge in [-0.15, -0.1) is 0 Å². The van der Waals surface area contributed by atoms with Crippen molar-refractivity contribution in [3.63, 3.8) is 0 Å². The van der Waals surface area contributed by atoms with Gasteiger partial charge in [-0.2, -0.15) is 0 Å². The van der Waals surface area contributed by atoms with Crippen LogP contribution in [0.3, 0.4) is 0 Å². The minimum absolute atomic E-state index is 0.203. The lowest BCUT2D eigenvalue weighted by molar-refractivity contribution is -0.135. The standard InChI is InChI=1S/C17H15N3O2/c1-10-8-9-18-16-15(10)11-4-2-3-5-12(11)20(16)13-6-7-14(21)19-17(13)22/h2-5,8-9,13H,6-7H2,1H3,(H,19,21,22). The van der Waals surface area contributed by atoms with Crippen LogP contribution in [0.5, 0.6) is 0 Å². The van der Waals surface area contributed by atoms with Gasteiger partial charge in [0, 0.05) is 23.4 Å². The van der Waals surface area contributed by atoms with E-state index in [4.69, 9.17) is 0 Å². The lowest BCUT2D eigenvalue weighted by atomic mass is 10.1. The molecule has 3 aromatic rings. The van der Waals surface area contributed by atoms with Crippen molar-refractivity contribution in [3.8, 4) is 0 Å². The second-order valence-electron chi connectivity index (χ2n) is 5.68. The van der Waals surface area contributed by atoms with Crippen molar-refractivity contribution in [2.75, 3.05) is 0 Å². The number of carbonyl (C=O) groups is 2. The van der Waals surface area contributed by atoms with Gasteiger partial charge in [0.15, 0.2) is 0 Å². The van der Waals surface area contributed by atoms with Crippen molar-refractivity contribution in [1.29, 1.82) is 0 Å². The van der Waals surface area contributed by atoms with E-state index in [2.05, 4.69) is 16.4 Å². The van der Waals surface area contributed by atoms with Gasteiger partial charge in [0.25, 0.3) is 0 Å². The number of benzene rings is 1. The van der Waals surface area contributed by atoms with Gasteiger partial charge in [0.1, 0.15) is 11.7 Å². The average Bonchev–Trinajstić information content (AvgIpc) is 2.83. The highest BCUT2D eigenvalue weighted by molar-refractivity contribution is 6.10. The van der Waals surface area contributed by atoms with Crippen molar-refractivity contribution in [3.05, 3.63) is 42.1 Å². The molecule has 1 aliphatic rings. The van der Waals surface area contributed by atoms with E-state index >= 15 is 0 Å². The Morgan fingerprint density at radius 1 is 1.23 bits per heavy atom. The molecule has 0 aliphatic carbocycles. The van der Waals surface area contributed by atoms with Crippen LogP contribution in [0.15, 0.2) is 36.5 Å². The normalized spacial score (nSPS) is 18.9. The molecule has 4 rings (SSSR count). The zero-order chi connectivity index (χ0) is 15.3. The van der Waals surface area contributed by atoms with Crippen LogP contribution in [-0.2, 0) is 9.59 Å². The predicted octanol–water partition coefficient (Wildman–Crippen LogP) is 2.48. The number of rotatable bonds is 1. The van der Waals surface area contributed by atoms with Crippen LogP contribution in [0.4, 0.5) is 0 Å². The zero-order valence-electron chi connectivity index (χ0n) is 12.2. The highest BCUT2D eigenvalue weighted by Gasteiger charge is 2.30. The number of fused-ring (bicyclic) bond motifs is 3. The van der Waals surface area contributed by atoms with Crippen LogP contribution in [0.1, 0.15) is 24.4 Å². The van der Waals surface area contributed by atoms with Crippen LogP contribution in [0, 0.1) is 6.92 Å². The third-order valence-corrected chi connectivity index (χ3v) is 4.32. The van der Waals surface area contributed by atoms with E-state index in [9.17, 15) is 9.59 Å². The molecular weight excluding hydrogens is 278 g/mol. The summed E-state index contributed by atoms with van der Waals surface area (Å²) in [4.78, 5) is 28.2. The van der Waals surface area contributed by atoms with Crippen molar-refractivity contribution in [2.45, 2.75) is 25.8 Å². The fourth-order valence-corrected chi connectivity index (χ4v) is 3.31. The first-order chi connectivity index (χ1) is 10.7. The summed E-state index contributed by atoms with van der Waals surface area (Å²) in [5.41, 5.74) is 2.91. The molecular formula is C17H15N3O2. The van der Waals surface area contributed by atoms with Gasteiger partial charge in [-0.25, -0.2) is 4.98 Å². The molecule has 0 spiro atoms. The molecule has 1 fully saturated rings. The number of hydrogen-bond acceptors (Lipinski definition) is 3. The Bertz CT molecular complexity index is 926. The molecule has 1 N–H and O–H groups in total. The van der Waals surface area contributed by atoms with Gasteiger partial charge in [-0.3, -0.25) is 14.9 Å². The molecule has 22 heavy (non-hydrogen) atoms. The lowest BCUT2D eigenvalue weighted by Gasteiger charge is -2.23. The Labute approximate surface area is 126 Å². The summed E-state index contributed by atoms with van der Waals surface area (Å²) in [5.74, 6) is -0.451. The maximum atomic E-state index is 12.3. The summed E-state index contributed by atoms with van der Waals surface area (Å²) < 4.78 is 1.97. The molecule has 1 aliphatic heterocycles. The molecule has 2 aromatic heterocycles. The van der Waals surface area contributed by atoms with Crippen LogP contribution >= 0.6 is 0 Å². The molecule has 0 saturated carbocycles. The summed E-state index contributed by atoms with van der Waals surface area (Å²) in [6.45, 7) is 2.05.